The number of carbonyl (C=O) groups excluding carboxylic acids is 2. The summed E-state index contributed by atoms with van der Waals surface area (Å²) in [4.78, 5) is 25.5. The van der Waals surface area contributed by atoms with Crippen molar-refractivity contribution in [3.8, 4) is 0 Å². The highest BCUT2D eigenvalue weighted by atomic mass is 19.1. The van der Waals surface area contributed by atoms with E-state index in [0.717, 1.165) is 31.4 Å². The first-order valence-electron chi connectivity index (χ1n) is 8.00. The number of nitrogens with zero attached hydrogens (tertiary/aromatic N) is 1. The molecule has 0 saturated carbocycles. The second-order valence-electron chi connectivity index (χ2n) is 6.38. The van der Waals surface area contributed by atoms with Gasteiger partial charge in [-0.05, 0) is 43.5 Å². The minimum Gasteiger partial charge on any atom is -0.458 e. The zero-order valence-corrected chi connectivity index (χ0v) is 13.0. The molecule has 3 rings (SSSR count). The number of amides is 1. The van der Waals surface area contributed by atoms with Crippen LogP contribution in [-0.2, 0) is 20.9 Å². The van der Waals surface area contributed by atoms with Crippen LogP contribution < -0.4 is 5.32 Å². The van der Waals surface area contributed by atoms with Crippen molar-refractivity contribution in [2.45, 2.75) is 37.8 Å². The summed E-state index contributed by atoms with van der Waals surface area (Å²) in [6.07, 6.45) is 3.01. The predicted octanol–water partition coefficient (Wildman–Crippen LogP) is 1.61. The standard InChI is InChI=1S/C17H21FN2O3/c18-14-4-1-3-13(9-14)10-19-15(21)11-20-8-2-6-17(12-20)7-5-16(22)23-17/h1,3-4,9H,2,5-8,10-12H2,(H,19,21)/t17-/m0/s1. The lowest BCUT2D eigenvalue weighted by atomic mass is 9.90. The van der Waals surface area contributed by atoms with E-state index in [1.807, 2.05) is 4.90 Å². The van der Waals surface area contributed by atoms with Gasteiger partial charge in [-0.2, -0.15) is 0 Å². The summed E-state index contributed by atoms with van der Waals surface area (Å²) in [6, 6.07) is 6.19. The number of esters is 1. The van der Waals surface area contributed by atoms with Crippen LogP contribution >= 0.6 is 0 Å². The van der Waals surface area contributed by atoms with E-state index in [1.165, 1.54) is 12.1 Å². The third-order valence-electron chi connectivity index (χ3n) is 4.48. The Morgan fingerprint density at radius 1 is 1.39 bits per heavy atom. The topological polar surface area (TPSA) is 58.6 Å². The van der Waals surface area contributed by atoms with Gasteiger partial charge in [0.25, 0.3) is 0 Å². The molecule has 1 amide bonds. The molecule has 0 aliphatic carbocycles. The third-order valence-corrected chi connectivity index (χ3v) is 4.48. The molecular weight excluding hydrogens is 299 g/mol. The Morgan fingerprint density at radius 3 is 3.00 bits per heavy atom. The number of benzene rings is 1. The highest BCUT2D eigenvalue weighted by Gasteiger charge is 2.43. The minimum absolute atomic E-state index is 0.101. The number of halogens is 1. The predicted molar refractivity (Wildman–Crippen MR) is 82.0 cm³/mol. The fourth-order valence-electron chi connectivity index (χ4n) is 3.39. The van der Waals surface area contributed by atoms with E-state index in [-0.39, 0.29) is 24.2 Å². The third kappa shape index (κ3) is 4.07. The monoisotopic (exact) mass is 320 g/mol. The second kappa shape index (κ2) is 6.66. The van der Waals surface area contributed by atoms with Crippen LogP contribution in [-0.4, -0.2) is 42.0 Å². The SMILES string of the molecule is O=C(CN1CCC[C@]2(CCC(=O)O2)C1)NCc1cccc(F)c1. The first kappa shape index (κ1) is 15.9. The van der Waals surface area contributed by atoms with Crippen molar-refractivity contribution in [2.24, 2.45) is 0 Å². The van der Waals surface area contributed by atoms with Crippen molar-refractivity contribution in [1.29, 1.82) is 0 Å². The van der Waals surface area contributed by atoms with E-state index in [0.29, 0.717) is 19.5 Å². The average Bonchev–Trinajstić information content (AvgIpc) is 2.86. The molecule has 0 bridgehead atoms. The van der Waals surface area contributed by atoms with E-state index in [4.69, 9.17) is 4.74 Å². The lowest BCUT2D eigenvalue weighted by molar-refractivity contribution is -0.152. The van der Waals surface area contributed by atoms with Gasteiger partial charge in [0.2, 0.25) is 5.91 Å². The van der Waals surface area contributed by atoms with Crippen LogP contribution in [0.1, 0.15) is 31.2 Å². The summed E-state index contributed by atoms with van der Waals surface area (Å²) in [5, 5.41) is 2.81. The number of nitrogens with one attached hydrogen (secondary N) is 1. The maximum Gasteiger partial charge on any atom is 0.306 e. The molecule has 1 atom stereocenters. The first-order chi connectivity index (χ1) is 11.0. The van der Waals surface area contributed by atoms with Gasteiger partial charge >= 0.3 is 5.97 Å². The zero-order chi connectivity index (χ0) is 16.3. The molecule has 1 spiro atoms. The number of rotatable bonds is 4. The molecule has 2 fully saturated rings. The maximum atomic E-state index is 13.1. The minimum atomic E-state index is -0.391. The quantitative estimate of drug-likeness (QED) is 0.857. The van der Waals surface area contributed by atoms with E-state index in [1.54, 1.807) is 12.1 Å². The second-order valence-corrected chi connectivity index (χ2v) is 6.38. The van der Waals surface area contributed by atoms with Gasteiger partial charge in [0.15, 0.2) is 0 Å². The molecule has 1 aromatic carbocycles. The Bertz CT molecular complexity index is 607. The van der Waals surface area contributed by atoms with Gasteiger partial charge in [-0.15, -0.1) is 0 Å². The zero-order valence-electron chi connectivity index (χ0n) is 13.0. The number of piperidine rings is 1. The summed E-state index contributed by atoms with van der Waals surface area (Å²) in [6.45, 7) is 2.03. The summed E-state index contributed by atoms with van der Waals surface area (Å²) < 4.78 is 18.6. The van der Waals surface area contributed by atoms with Crippen LogP contribution in [0.15, 0.2) is 24.3 Å². The number of hydrogen-bond acceptors (Lipinski definition) is 4. The van der Waals surface area contributed by atoms with Crippen LogP contribution in [0.25, 0.3) is 0 Å². The molecule has 5 nitrogen and oxygen atoms in total. The van der Waals surface area contributed by atoms with Crippen molar-refractivity contribution in [1.82, 2.24) is 10.2 Å². The Kier molecular flexibility index (Phi) is 4.61. The lowest BCUT2D eigenvalue weighted by Crippen LogP contribution is -2.50. The Hall–Kier alpha value is -1.95. The van der Waals surface area contributed by atoms with Crippen LogP contribution in [0.5, 0.6) is 0 Å². The molecule has 1 aromatic rings. The lowest BCUT2D eigenvalue weighted by Gasteiger charge is -2.38. The highest BCUT2D eigenvalue weighted by molar-refractivity contribution is 5.78. The summed E-state index contributed by atoms with van der Waals surface area (Å²) in [7, 11) is 0. The number of hydrogen-bond donors (Lipinski definition) is 1. The van der Waals surface area contributed by atoms with E-state index in [2.05, 4.69) is 5.32 Å². The van der Waals surface area contributed by atoms with Gasteiger partial charge in [0, 0.05) is 19.5 Å². The van der Waals surface area contributed by atoms with Crippen LogP contribution in [0, 0.1) is 5.82 Å². The van der Waals surface area contributed by atoms with Crippen LogP contribution in [0.3, 0.4) is 0 Å². The van der Waals surface area contributed by atoms with Crippen LogP contribution in [0.4, 0.5) is 4.39 Å². The molecule has 0 unspecified atom stereocenters. The Balaban J connectivity index is 1.49. The molecule has 23 heavy (non-hydrogen) atoms. The molecule has 2 heterocycles. The van der Waals surface area contributed by atoms with Gasteiger partial charge in [-0.1, -0.05) is 12.1 Å². The van der Waals surface area contributed by atoms with Gasteiger partial charge in [-0.25, -0.2) is 4.39 Å². The van der Waals surface area contributed by atoms with Gasteiger partial charge in [-0.3, -0.25) is 14.5 Å². The van der Waals surface area contributed by atoms with E-state index >= 15 is 0 Å². The van der Waals surface area contributed by atoms with Gasteiger partial charge in [0.1, 0.15) is 11.4 Å². The van der Waals surface area contributed by atoms with Crippen molar-refractivity contribution in [3.05, 3.63) is 35.6 Å². The first-order valence-corrected chi connectivity index (χ1v) is 8.00. The average molecular weight is 320 g/mol. The van der Waals surface area contributed by atoms with Crippen molar-refractivity contribution < 1.29 is 18.7 Å². The summed E-state index contributed by atoms with van der Waals surface area (Å²) in [5.41, 5.74) is 0.344. The van der Waals surface area contributed by atoms with Crippen molar-refractivity contribution in [2.75, 3.05) is 19.6 Å². The van der Waals surface area contributed by atoms with Crippen molar-refractivity contribution >= 4 is 11.9 Å². The number of likely N-dealkylation sites (tertiary alicyclic amines) is 1. The smallest absolute Gasteiger partial charge is 0.306 e. The molecule has 1 N–H and O–H groups in total. The summed E-state index contributed by atoms with van der Waals surface area (Å²) >= 11 is 0. The van der Waals surface area contributed by atoms with Gasteiger partial charge in [0.05, 0.1) is 6.54 Å². The number of carbonyl (C=O) groups is 2. The largest absolute Gasteiger partial charge is 0.458 e. The Labute approximate surface area is 134 Å². The van der Waals surface area contributed by atoms with E-state index < -0.39 is 5.60 Å². The normalized spacial score (nSPS) is 24.7. The molecule has 0 radical (unpaired) electrons. The maximum absolute atomic E-state index is 13.1. The molecule has 0 aromatic heterocycles. The van der Waals surface area contributed by atoms with E-state index in [9.17, 15) is 14.0 Å². The fourth-order valence-corrected chi connectivity index (χ4v) is 3.39. The number of ether oxygens (including phenoxy) is 1. The molecule has 2 aliphatic rings. The molecule has 6 heteroatoms. The molecule has 2 saturated heterocycles. The van der Waals surface area contributed by atoms with Gasteiger partial charge < -0.3 is 10.1 Å². The molecule has 2 aliphatic heterocycles. The van der Waals surface area contributed by atoms with Crippen molar-refractivity contribution in [3.63, 3.8) is 0 Å². The summed E-state index contributed by atoms with van der Waals surface area (Å²) in [5.74, 6) is -0.546. The molecular formula is C17H21FN2O3. The molecule has 124 valence electrons. The Morgan fingerprint density at radius 2 is 2.26 bits per heavy atom. The fraction of sp³-hybridized carbons (Fsp3) is 0.529. The van der Waals surface area contributed by atoms with Crippen LogP contribution in [0.2, 0.25) is 0 Å². The highest BCUT2D eigenvalue weighted by Crippen LogP contribution is 2.34.